The van der Waals surface area contributed by atoms with E-state index < -0.39 is 6.10 Å². The van der Waals surface area contributed by atoms with E-state index in [4.69, 9.17) is 5.73 Å². The van der Waals surface area contributed by atoms with Crippen LogP contribution in [0, 0.1) is 11.3 Å². The summed E-state index contributed by atoms with van der Waals surface area (Å²) in [6.07, 6.45) is 4.40. The summed E-state index contributed by atoms with van der Waals surface area (Å²) in [4.78, 5) is 1.90. The largest absolute Gasteiger partial charge is 0.391 e. The van der Waals surface area contributed by atoms with Crippen molar-refractivity contribution >= 4 is 11.6 Å². The van der Waals surface area contributed by atoms with E-state index in [1.54, 1.807) is 4.68 Å². The summed E-state index contributed by atoms with van der Waals surface area (Å²) in [6.45, 7) is 2.75. The van der Waals surface area contributed by atoms with Gasteiger partial charge < -0.3 is 15.7 Å². The van der Waals surface area contributed by atoms with Gasteiger partial charge in [-0.15, -0.1) is 0 Å². The number of anilines is 2. The van der Waals surface area contributed by atoms with Crippen LogP contribution in [0.5, 0.6) is 0 Å². The van der Waals surface area contributed by atoms with Crippen molar-refractivity contribution in [3.63, 3.8) is 0 Å². The van der Waals surface area contributed by atoms with Crippen LogP contribution in [0.2, 0.25) is 0 Å². The first kappa shape index (κ1) is 14.7. The van der Waals surface area contributed by atoms with E-state index in [2.05, 4.69) is 11.2 Å². The molecule has 1 aromatic rings. The summed E-state index contributed by atoms with van der Waals surface area (Å²) >= 11 is 0. The molecule has 6 heteroatoms. The summed E-state index contributed by atoms with van der Waals surface area (Å²) in [5.41, 5.74) is 6.50. The Morgan fingerprint density at radius 2 is 2.15 bits per heavy atom. The van der Waals surface area contributed by atoms with Crippen LogP contribution >= 0.6 is 0 Å². The lowest BCUT2D eigenvalue weighted by Crippen LogP contribution is -2.25. The number of nitrogens with two attached hydrogens (primary N) is 1. The minimum Gasteiger partial charge on any atom is -0.391 e. The molecule has 1 aromatic heterocycles. The molecule has 1 heterocycles. The molecule has 1 aliphatic rings. The van der Waals surface area contributed by atoms with Crippen LogP contribution in [0.15, 0.2) is 0 Å². The van der Waals surface area contributed by atoms with Crippen molar-refractivity contribution in [2.24, 2.45) is 0 Å². The third-order valence-electron chi connectivity index (χ3n) is 4.13. The molecular formula is C14H23N5O. The van der Waals surface area contributed by atoms with Crippen LogP contribution in [-0.4, -0.2) is 34.6 Å². The van der Waals surface area contributed by atoms with Gasteiger partial charge in [0.25, 0.3) is 0 Å². The molecule has 2 unspecified atom stereocenters. The minimum absolute atomic E-state index is 0.122. The fourth-order valence-electron chi connectivity index (χ4n) is 2.77. The van der Waals surface area contributed by atoms with Crippen molar-refractivity contribution in [2.75, 3.05) is 24.2 Å². The fourth-order valence-corrected chi connectivity index (χ4v) is 2.77. The lowest BCUT2D eigenvalue weighted by molar-refractivity contribution is 0.100. The second kappa shape index (κ2) is 6.14. The van der Waals surface area contributed by atoms with Gasteiger partial charge in [-0.05, 0) is 19.8 Å². The zero-order chi connectivity index (χ0) is 14.7. The van der Waals surface area contributed by atoms with Gasteiger partial charge in [0.05, 0.1) is 12.1 Å². The number of hydrogen-bond donors (Lipinski definition) is 2. The quantitative estimate of drug-likeness (QED) is 0.820. The Hall–Kier alpha value is -1.74. The second-order valence-corrected chi connectivity index (χ2v) is 5.43. The van der Waals surface area contributed by atoms with Crippen LogP contribution in [0.25, 0.3) is 0 Å². The Morgan fingerprint density at radius 1 is 1.45 bits per heavy atom. The van der Waals surface area contributed by atoms with Gasteiger partial charge >= 0.3 is 0 Å². The van der Waals surface area contributed by atoms with Crippen molar-refractivity contribution in [3.05, 3.63) is 5.56 Å². The van der Waals surface area contributed by atoms with E-state index in [9.17, 15) is 10.4 Å². The molecule has 0 bridgehead atoms. The average molecular weight is 277 g/mol. The number of aromatic nitrogens is 2. The van der Waals surface area contributed by atoms with E-state index in [0.717, 1.165) is 38.6 Å². The van der Waals surface area contributed by atoms with Crippen molar-refractivity contribution in [1.29, 1.82) is 5.26 Å². The molecule has 0 spiro atoms. The normalized spacial score (nSPS) is 23.1. The highest BCUT2D eigenvalue weighted by Crippen LogP contribution is 2.33. The molecular weight excluding hydrogens is 254 g/mol. The monoisotopic (exact) mass is 277 g/mol. The standard InChI is InChI=1S/C14H23N5O/c1-3-18(2)14-10(9-15)13(16)19(17-14)11-7-5-4-6-8-12(11)20/h11-12,20H,3-8,16H2,1-2H3. The maximum Gasteiger partial charge on any atom is 0.170 e. The number of rotatable bonds is 3. The van der Waals surface area contributed by atoms with Gasteiger partial charge in [0.1, 0.15) is 17.5 Å². The van der Waals surface area contributed by atoms with Gasteiger partial charge in [0.15, 0.2) is 5.82 Å². The third kappa shape index (κ3) is 2.59. The first-order valence-corrected chi connectivity index (χ1v) is 7.27. The lowest BCUT2D eigenvalue weighted by Gasteiger charge is -2.22. The molecule has 0 aliphatic heterocycles. The number of aliphatic hydroxyl groups is 1. The van der Waals surface area contributed by atoms with Gasteiger partial charge in [-0.25, -0.2) is 4.68 Å². The molecule has 1 aliphatic carbocycles. The second-order valence-electron chi connectivity index (χ2n) is 5.43. The molecule has 0 radical (unpaired) electrons. The maximum atomic E-state index is 10.3. The van der Waals surface area contributed by atoms with Crippen molar-refractivity contribution in [1.82, 2.24) is 9.78 Å². The van der Waals surface area contributed by atoms with Gasteiger partial charge in [-0.3, -0.25) is 0 Å². The Balaban J connectivity index is 2.41. The first-order valence-electron chi connectivity index (χ1n) is 7.27. The third-order valence-corrected chi connectivity index (χ3v) is 4.13. The highest BCUT2D eigenvalue weighted by molar-refractivity contribution is 5.64. The molecule has 0 saturated heterocycles. The van der Waals surface area contributed by atoms with Crippen molar-refractivity contribution in [2.45, 2.75) is 51.2 Å². The summed E-state index contributed by atoms with van der Waals surface area (Å²) in [5, 5.41) is 24.1. The van der Waals surface area contributed by atoms with Gasteiger partial charge in [0, 0.05) is 13.6 Å². The van der Waals surface area contributed by atoms with E-state index in [1.807, 2.05) is 18.9 Å². The smallest absolute Gasteiger partial charge is 0.170 e. The molecule has 6 nitrogen and oxygen atoms in total. The van der Waals surface area contributed by atoms with Crippen LogP contribution in [0.3, 0.4) is 0 Å². The molecule has 1 saturated carbocycles. The molecule has 1 fully saturated rings. The minimum atomic E-state index is -0.439. The Labute approximate surface area is 119 Å². The van der Waals surface area contributed by atoms with Crippen LogP contribution in [0.4, 0.5) is 11.6 Å². The van der Waals surface area contributed by atoms with E-state index in [1.165, 1.54) is 0 Å². The zero-order valence-electron chi connectivity index (χ0n) is 12.2. The number of nitriles is 1. The average Bonchev–Trinajstić information content (AvgIpc) is 2.62. The Kier molecular flexibility index (Phi) is 4.50. The van der Waals surface area contributed by atoms with E-state index in [0.29, 0.717) is 17.2 Å². The highest BCUT2D eigenvalue weighted by Gasteiger charge is 2.28. The number of nitrogen functional groups attached to an aromatic ring is 1. The SMILES string of the molecule is CCN(C)c1nn(C2CCCCCC2O)c(N)c1C#N. The maximum absolute atomic E-state index is 10.3. The fraction of sp³-hybridized carbons (Fsp3) is 0.714. The molecule has 20 heavy (non-hydrogen) atoms. The highest BCUT2D eigenvalue weighted by atomic mass is 16.3. The summed E-state index contributed by atoms with van der Waals surface area (Å²) in [7, 11) is 1.89. The Morgan fingerprint density at radius 3 is 2.80 bits per heavy atom. The predicted octanol–water partition coefficient (Wildman–Crippen LogP) is 1.66. The number of hydrogen-bond acceptors (Lipinski definition) is 5. The van der Waals surface area contributed by atoms with E-state index >= 15 is 0 Å². The van der Waals surface area contributed by atoms with Gasteiger partial charge in [-0.2, -0.15) is 10.4 Å². The predicted molar refractivity (Wildman–Crippen MR) is 78.4 cm³/mol. The summed E-state index contributed by atoms with van der Waals surface area (Å²) < 4.78 is 1.66. The topological polar surface area (TPSA) is 91.1 Å². The Bertz CT molecular complexity index is 504. The van der Waals surface area contributed by atoms with Crippen molar-refractivity contribution < 1.29 is 5.11 Å². The first-order chi connectivity index (χ1) is 9.60. The van der Waals surface area contributed by atoms with Crippen LogP contribution in [-0.2, 0) is 0 Å². The summed E-state index contributed by atoms with van der Waals surface area (Å²) in [6, 6.07) is 2.02. The molecule has 3 N–H and O–H groups in total. The summed E-state index contributed by atoms with van der Waals surface area (Å²) in [5.74, 6) is 0.970. The molecule has 2 rings (SSSR count). The molecule has 0 amide bonds. The number of aliphatic hydroxyl groups excluding tert-OH is 1. The number of nitrogens with zero attached hydrogens (tertiary/aromatic N) is 4. The van der Waals surface area contributed by atoms with Crippen LogP contribution < -0.4 is 10.6 Å². The molecule has 2 atom stereocenters. The van der Waals surface area contributed by atoms with Crippen LogP contribution in [0.1, 0.15) is 50.6 Å². The van der Waals surface area contributed by atoms with E-state index in [-0.39, 0.29) is 6.04 Å². The van der Waals surface area contributed by atoms with Gasteiger partial charge in [0.2, 0.25) is 0 Å². The van der Waals surface area contributed by atoms with Gasteiger partial charge in [-0.1, -0.05) is 19.3 Å². The lowest BCUT2D eigenvalue weighted by atomic mass is 10.1. The van der Waals surface area contributed by atoms with Crippen molar-refractivity contribution in [3.8, 4) is 6.07 Å². The zero-order valence-corrected chi connectivity index (χ0v) is 12.2. The molecule has 110 valence electrons. The molecule has 0 aromatic carbocycles.